The van der Waals surface area contributed by atoms with Crippen molar-refractivity contribution in [2.45, 2.75) is 25.9 Å². The van der Waals surface area contributed by atoms with Crippen LogP contribution in [0.25, 0.3) is 0 Å². The zero-order valence-corrected chi connectivity index (χ0v) is 10.3. The highest BCUT2D eigenvalue weighted by atomic mass is 16.7. The van der Waals surface area contributed by atoms with Crippen LogP contribution in [-0.4, -0.2) is 34.1 Å². The molecular weight excluding hydrogens is 250 g/mol. The third kappa shape index (κ3) is 2.34. The maximum Gasteiger partial charge on any atom is 0.335 e. The molecule has 1 aromatic rings. The predicted molar refractivity (Wildman–Crippen MR) is 64.4 cm³/mol. The summed E-state index contributed by atoms with van der Waals surface area (Å²) in [6.07, 6.45) is -0.407. The van der Waals surface area contributed by atoms with Crippen LogP contribution in [0.15, 0.2) is 24.3 Å². The largest absolute Gasteiger partial charge is 0.479 e. The fraction of sp³-hybridized carbons (Fsp3) is 0.308. The maximum atomic E-state index is 12.0. The Morgan fingerprint density at radius 2 is 1.79 bits per heavy atom. The Labute approximate surface area is 109 Å². The van der Waals surface area contributed by atoms with Gasteiger partial charge in [-0.1, -0.05) is 25.5 Å². The van der Waals surface area contributed by atoms with E-state index in [2.05, 4.69) is 0 Å². The number of carboxylic acids is 1. The van der Waals surface area contributed by atoms with Gasteiger partial charge in [-0.3, -0.25) is 9.59 Å². The van der Waals surface area contributed by atoms with E-state index in [0.29, 0.717) is 11.5 Å². The van der Waals surface area contributed by atoms with Gasteiger partial charge in [0.25, 0.3) is 11.8 Å². The molecule has 6 nitrogen and oxygen atoms in total. The molecule has 1 aliphatic rings. The number of carbonyl (C=O) groups excluding carboxylic acids is 2. The first-order chi connectivity index (χ1) is 9.06. The van der Waals surface area contributed by atoms with Crippen LogP contribution in [0.3, 0.4) is 0 Å². The fourth-order valence-corrected chi connectivity index (χ4v) is 1.87. The Bertz CT molecular complexity index is 505. The van der Waals surface area contributed by atoms with Gasteiger partial charge in [0.2, 0.25) is 0 Å². The molecule has 100 valence electrons. The molecule has 2 amide bonds. The molecule has 0 spiro atoms. The smallest absolute Gasteiger partial charge is 0.335 e. The third-order valence-electron chi connectivity index (χ3n) is 2.82. The molecule has 19 heavy (non-hydrogen) atoms. The lowest BCUT2D eigenvalue weighted by Crippen LogP contribution is -2.38. The number of carbonyl (C=O) groups is 3. The van der Waals surface area contributed by atoms with Gasteiger partial charge in [0.1, 0.15) is 0 Å². The van der Waals surface area contributed by atoms with Crippen LogP contribution in [0.5, 0.6) is 0 Å². The monoisotopic (exact) mass is 263 g/mol. The minimum absolute atomic E-state index is 0.225. The number of benzene rings is 1. The van der Waals surface area contributed by atoms with Gasteiger partial charge in [0, 0.05) is 0 Å². The van der Waals surface area contributed by atoms with Crippen molar-refractivity contribution in [3.05, 3.63) is 35.4 Å². The molecule has 1 heterocycles. The van der Waals surface area contributed by atoms with Crippen molar-refractivity contribution in [3.63, 3.8) is 0 Å². The standard InChI is InChI=1S/C13H13NO5/c1-2-5-10(13(17)18)19-14-11(15)8-6-3-4-7-9(8)12(14)16/h3-4,6-7,10H,2,5H2,1H3,(H,17,18). The molecule has 0 radical (unpaired) electrons. The normalized spacial score (nSPS) is 15.5. The molecule has 2 rings (SSSR count). The van der Waals surface area contributed by atoms with E-state index in [1.807, 2.05) is 0 Å². The third-order valence-corrected chi connectivity index (χ3v) is 2.82. The SMILES string of the molecule is CCCC(ON1C(=O)c2ccccc2C1=O)C(=O)O. The van der Waals surface area contributed by atoms with Gasteiger partial charge >= 0.3 is 5.97 Å². The van der Waals surface area contributed by atoms with E-state index >= 15 is 0 Å². The average Bonchev–Trinajstić information content (AvgIpc) is 2.63. The van der Waals surface area contributed by atoms with Crippen LogP contribution in [-0.2, 0) is 9.63 Å². The second-order valence-electron chi connectivity index (χ2n) is 4.17. The molecule has 6 heteroatoms. The number of carboxylic acid groups (broad SMARTS) is 1. The van der Waals surface area contributed by atoms with E-state index < -0.39 is 23.9 Å². The molecule has 0 aromatic heterocycles. The molecule has 0 saturated heterocycles. The second-order valence-corrected chi connectivity index (χ2v) is 4.17. The van der Waals surface area contributed by atoms with Crippen molar-refractivity contribution in [2.24, 2.45) is 0 Å². The zero-order chi connectivity index (χ0) is 14.0. The highest BCUT2D eigenvalue weighted by Crippen LogP contribution is 2.24. The summed E-state index contributed by atoms with van der Waals surface area (Å²) in [7, 11) is 0. The molecule has 0 aliphatic carbocycles. The summed E-state index contributed by atoms with van der Waals surface area (Å²) >= 11 is 0. The lowest BCUT2D eigenvalue weighted by molar-refractivity contribution is -0.175. The van der Waals surface area contributed by atoms with E-state index in [9.17, 15) is 14.4 Å². The van der Waals surface area contributed by atoms with Crippen LogP contribution in [0, 0.1) is 0 Å². The zero-order valence-electron chi connectivity index (χ0n) is 10.3. The van der Waals surface area contributed by atoms with Gasteiger partial charge in [-0.2, -0.15) is 0 Å². The molecule has 1 atom stereocenters. The highest BCUT2D eigenvalue weighted by Gasteiger charge is 2.39. The van der Waals surface area contributed by atoms with Crippen molar-refractivity contribution < 1.29 is 24.3 Å². The summed E-state index contributed by atoms with van der Waals surface area (Å²) in [6, 6.07) is 6.28. The lowest BCUT2D eigenvalue weighted by atomic mass is 10.1. The van der Waals surface area contributed by atoms with Crippen molar-refractivity contribution in [1.29, 1.82) is 0 Å². The van der Waals surface area contributed by atoms with E-state index in [4.69, 9.17) is 9.94 Å². The number of aliphatic carboxylic acids is 1. The number of hydrogen-bond acceptors (Lipinski definition) is 4. The van der Waals surface area contributed by atoms with E-state index in [1.54, 1.807) is 19.1 Å². The van der Waals surface area contributed by atoms with Crippen LogP contribution in [0.2, 0.25) is 0 Å². The van der Waals surface area contributed by atoms with E-state index in [-0.39, 0.29) is 17.5 Å². The van der Waals surface area contributed by atoms with Gasteiger partial charge < -0.3 is 5.11 Å². The lowest BCUT2D eigenvalue weighted by Gasteiger charge is -2.18. The summed E-state index contributed by atoms with van der Waals surface area (Å²) in [4.78, 5) is 40.0. The van der Waals surface area contributed by atoms with Crippen LogP contribution in [0.1, 0.15) is 40.5 Å². The molecule has 0 saturated carbocycles. The van der Waals surface area contributed by atoms with Gasteiger partial charge in [-0.05, 0) is 18.6 Å². The Hall–Kier alpha value is -2.21. The molecule has 0 bridgehead atoms. The topological polar surface area (TPSA) is 83.9 Å². The van der Waals surface area contributed by atoms with E-state index in [1.165, 1.54) is 12.1 Å². The first-order valence-electron chi connectivity index (χ1n) is 5.93. The second kappa shape index (κ2) is 5.19. The number of rotatable bonds is 5. The van der Waals surface area contributed by atoms with Gasteiger partial charge in [0.05, 0.1) is 11.1 Å². The minimum Gasteiger partial charge on any atom is -0.479 e. The summed E-state index contributed by atoms with van der Waals surface area (Å²) in [5.74, 6) is -2.44. The van der Waals surface area contributed by atoms with Crippen LogP contribution in [0.4, 0.5) is 0 Å². The quantitative estimate of drug-likeness (QED) is 0.813. The Morgan fingerprint density at radius 3 is 2.21 bits per heavy atom. The molecule has 1 unspecified atom stereocenters. The minimum atomic E-state index is -1.20. The molecule has 0 fully saturated rings. The van der Waals surface area contributed by atoms with Crippen LogP contribution >= 0.6 is 0 Å². The van der Waals surface area contributed by atoms with Gasteiger partial charge in [0.15, 0.2) is 6.10 Å². The first kappa shape index (κ1) is 13.2. The van der Waals surface area contributed by atoms with Crippen molar-refractivity contribution >= 4 is 17.8 Å². The maximum absolute atomic E-state index is 12.0. The number of nitrogens with zero attached hydrogens (tertiary/aromatic N) is 1. The summed E-state index contributed by atoms with van der Waals surface area (Å²) in [5.41, 5.74) is 0.460. The van der Waals surface area contributed by atoms with Crippen LogP contribution < -0.4 is 0 Å². The number of imide groups is 1. The Balaban J connectivity index is 2.22. The molecule has 1 N–H and O–H groups in total. The average molecular weight is 263 g/mol. The number of hydrogen-bond donors (Lipinski definition) is 1. The summed E-state index contributed by atoms with van der Waals surface area (Å²) < 4.78 is 0. The first-order valence-corrected chi connectivity index (χ1v) is 5.93. The number of fused-ring (bicyclic) bond motifs is 1. The summed E-state index contributed by atoms with van der Waals surface area (Å²) in [5, 5.41) is 9.52. The number of amides is 2. The van der Waals surface area contributed by atoms with Gasteiger partial charge in [-0.15, -0.1) is 5.06 Å². The molecule has 1 aliphatic heterocycles. The predicted octanol–water partition coefficient (Wildman–Crippen LogP) is 1.47. The van der Waals surface area contributed by atoms with Crippen molar-refractivity contribution in [2.75, 3.05) is 0 Å². The fourth-order valence-electron chi connectivity index (χ4n) is 1.87. The summed E-state index contributed by atoms with van der Waals surface area (Å²) in [6.45, 7) is 1.79. The Kier molecular flexibility index (Phi) is 3.62. The Morgan fingerprint density at radius 1 is 1.26 bits per heavy atom. The van der Waals surface area contributed by atoms with Gasteiger partial charge in [-0.25, -0.2) is 9.63 Å². The van der Waals surface area contributed by atoms with Crippen molar-refractivity contribution in [1.82, 2.24) is 5.06 Å². The van der Waals surface area contributed by atoms with Crippen molar-refractivity contribution in [3.8, 4) is 0 Å². The number of hydroxylamine groups is 2. The van der Waals surface area contributed by atoms with E-state index in [0.717, 1.165) is 0 Å². The molecule has 1 aromatic carbocycles. The highest BCUT2D eigenvalue weighted by molar-refractivity contribution is 6.20. The molecular formula is C13H13NO5.